The van der Waals surface area contributed by atoms with Gasteiger partial charge < -0.3 is 10.4 Å². The second kappa shape index (κ2) is 6.16. The number of nitrogens with one attached hydrogen (secondary N) is 1. The van der Waals surface area contributed by atoms with Gasteiger partial charge in [-0.3, -0.25) is 4.79 Å². The average molecular weight is 344 g/mol. The summed E-state index contributed by atoms with van der Waals surface area (Å²) in [5, 5.41) is 12.1. The molecule has 0 spiro atoms. The third-order valence-electron chi connectivity index (χ3n) is 2.49. The molecule has 0 fully saturated rings. The van der Waals surface area contributed by atoms with E-state index in [9.17, 15) is 14.3 Å². The number of carbonyl (C=O) groups excluding carboxylic acids is 1. The van der Waals surface area contributed by atoms with Crippen LogP contribution in [-0.2, 0) is 6.42 Å². The van der Waals surface area contributed by atoms with Gasteiger partial charge in [0.1, 0.15) is 11.6 Å². The molecule has 0 aliphatic carbocycles. The van der Waals surface area contributed by atoms with E-state index in [-0.39, 0.29) is 11.3 Å². The van der Waals surface area contributed by atoms with E-state index in [2.05, 4.69) is 21.2 Å². The highest BCUT2D eigenvalue weighted by molar-refractivity contribution is 9.11. The monoisotopic (exact) mass is 343 g/mol. The van der Waals surface area contributed by atoms with Gasteiger partial charge in [0, 0.05) is 11.4 Å². The first kappa shape index (κ1) is 14.0. The van der Waals surface area contributed by atoms with Crippen molar-refractivity contribution < 1.29 is 14.3 Å². The third-order valence-corrected chi connectivity index (χ3v) is 4.17. The topological polar surface area (TPSA) is 49.3 Å². The van der Waals surface area contributed by atoms with Crippen LogP contribution in [0.15, 0.2) is 34.1 Å². The number of carbonyl (C=O) groups is 1. The maximum absolute atomic E-state index is 13.0. The van der Waals surface area contributed by atoms with Gasteiger partial charge in [0.15, 0.2) is 0 Å². The number of phenols is 1. The van der Waals surface area contributed by atoms with Gasteiger partial charge in [0.2, 0.25) is 0 Å². The zero-order chi connectivity index (χ0) is 13.8. The van der Waals surface area contributed by atoms with Crippen molar-refractivity contribution in [2.24, 2.45) is 0 Å². The number of benzene rings is 1. The summed E-state index contributed by atoms with van der Waals surface area (Å²) in [5.41, 5.74) is -0.0487. The lowest BCUT2D eigenvalue weighted by atomic mass is 10.2. The molecule has 6 heteroatoms. The van der Waals surface area contributed by atoms with E-state index < -0.39 is 11.7 Å². The molecule has 1 heterocycles. The summed E-state index contributed by atoms with van der Waals surface area (Å²) in [4.78, 5) is 12.9. The maximum atomic E-state index is 13.0. The molecule has 0 bridgehead atoms. The van der Waals surface area contributed by atoms with Crippen LogP contribution in [0.25, 0.3) is 0 Å². The SMILES string of the molecule is O=C(NCCc1ccc(Br)s1)c1cc(F)ccc1O. The summed E-state index contributed by atoms with van der Waals surface area (Å²) >= 11 is 4.96. The first-order valence-corrected chi connectivity index (χ1v) is 7.18. The van der Waals surface area contributed by atoms with Gasteiger partial charge in [-0.05, 0) is 52.7 Å². The molecular formula is C13H11BrFNO2S. The molecule has 3 nitrogen and oxygen atoms in total. The molecule has 2 N–H and O–H groups in total. The van der Waals surface area contributed by atoms with E-state index in [0.29, 0.717) is 13.0 Å². The van der Waals surface area contributed by atoms with Crippen molar-refractivity contribution in [3.8, 4) is 5.75 Å². The number of thiophene rings is 1. The predicted molar refractivity (Wildman–Crippen MR) is 76.1 cm³/mol. The van der Waals surface area contributed by atoms with Gasteiger partial charge in [-0.25, -0.2) is 4.39 Å². The number of aromatic hydroxyl groups is 1. The normalized spacial score (nSPS) is 10.4. The average Bonchev–Trinajstić information content (AvgIpc) is 2.78. The zero-order valence-corrected chi connectivity index (χ0v) is 12.2. The van der Waals surface area contributed by atoms with Gasteiger partial charge in [-0.2, -0.15) is 0 Å². The highest BCUT2D eigenvalue weighted by Gasteiger charge is 2.11. The van der Waals surface area contributed by atoms with E-state index >= 15 is 0 Å². The molecule has 0 aliphatic heterocycles. The van der Waals surface area contributed by atoms with Crippen molar-refractivity contribution in [3.05, 3.63) is 50.4 Å². The Morgan fingerprint density at radius 3 is 2.84 bits per heavy atom. The molecule has 0 saturated heterocycles. The number of rotatable bonds is 4. The molecule has 100 valence electrons. The van der Waals surface area contributed by atoms with Gasteiger partial charge >= 0.3 is 0 Å². The Morgan fingerprint density at radius 2 is 2.16 bits per heavy atom. The summed E-state index contributed by atoms with van der Waals surface area (Å²) < 4.78 is 14.0. The molecule has 1 aromatic carbocycles. The quantitative estimate of drug-likeness (QED) is 0.894. The van der Waals surface area contributed by atoms with Crippen molar-refractivity contribution in [2.45, 2.75) is 6.42 Å². The Balaban J connectivity index is 1.92. The summed E-state index contributed by atoms with van der Waals surface area (Å²) in [6, 6.07) is 7.21. The minimum absolute atomic E-state index is 0.0487. The second-order valence-corrected chi connectivity index (χ2v) is 6.42. The van der Waals surface area contributed by atoms with Crippen LogP contribution in [0.5, 0.6) is 5.75 Å². The number of halogens is 2. The van der Waals surface area contributed by atoms with Crippen LogP contribution in [0.4, 0.5) is 4.39 Å². The lowest BCUT2D eigenvalue weighted by Gasteiger charge is -2.06. The van der Waals surface area contributed by atoms with Crippen molar-refractivity contribution in [1.29, 1.82) is 0 Å². The standard InChI is InChI=1S/C13H11BrFNO2S/c14-12-4-2-9(19-12)5-6-16-13(18)10-7-8(15)1-3-11(10)17/h1-4,7,17H,5-6H2,(H,16,18). The fraction of sp³-hybridized carbons (Fsp3) is 0.154. The minimum atomic E-state index is -0.551. The van der Waals surface area contributed by atoms with Gasteiger partial charge in [0.25, 0.3) is 5.91 Å². The maximum Gasteiger partial charge on any atom is 0.255 e. The van der Waals surface area contributed by atoms with Crippen molar-refractivity contribution in [1.82, 2.24) is 5.32 Å². The lowest BCUT2D eigenvalue weighted by molar-refractivity contribution is 0.0951. The summed E-state index contributed by atoms with van der Waals surface area (Å²) in [6.07, 6.45) is 0.693. The van der Waals surface area contributed by atoms with Crippen LogP contribution in [0.2, 0.25) is 0 Å². The predicted octanol–water partition coefficient (Wildman–Crippen LogP) is 3.33. The van der Waals surface area contributed by atoms with Crippen molar-refractivity contribution in [3.63, 3.8) is 0 Å². The molecule has 0 atom stereocenters. The fourth-order valence-electron chi connectivity index (χ4n) is 1.57. The van der Waals surface area contributed by atoms with E-state index in [0.717, 1.165) is 20.8 Å². The first-order chi connectivity index (χ1) is 9.06. The molecule has 0 aliphatic rings. The van der Waals surface area contributed by atoms with Crippen LogP contribution >= 0.6 is 27.3 Å². The van der Waals surface area contributed by atoms with Crippen molar-refractivity contribution in [2.75, 3.05) is 6.54 Å². The molecule has 0 unspecified atom stereocenters. The third kappa shape index (κ3) is 3.78. The fourth-order valence-corrected chi connectivity index (χ4v) is 3.05. The number of hydrogen-bond acceptors (Lipinski definition) is 3. The Bertz CT molecular complexity index is 600. The van der Waals surface area contributed by atoms with Gasteiger partial charge in [-0.15, -0.1) is 11.3 Å². The van der Waals surface area contributed by atoms with E-state index in [1.807, 2.05) is 12.1 Å². The summed E-state index contributed by atoms with van der Waals surface area (Å²) in [7, 11) is 0. The lowest BCUT2D eigenvalue weighted by Crippen LogP contribution is -2.25. The summed E-state index contributed by atoms with van der Waals surface area (Å²) in [6.45, 7) is 0.432. The van der Waals surface area contributed by atoms with Crippen LogP contribution in [-0.4, -0.2) is 17.6 Å². The van der Waals surface area contributed by atoms with E-state index in [1.165, 1.54) is 6.07 Å². The number of hydrogen-bond donors (Lipinski definition) is 2. The minimum Gasteiger partial charge on any atom is -0.507 e. The largest absolute Gasteiger partial charge is 0.507 e. The van der Waals surface area contributed by atoms with Gasteiger partial charge in [-0.1, -0.05) is 0 Å². The summed E-state index contributed by atoms with van der Waals surface area (Å²) in [5.74, 6) is -1.25. The van der Waals surface area contributed by atoms with Crippen molar-refractivity contribution >= 4 is 33.2 Å². The Hall–Kier alpha value is -1.40. The number of phenolic OH excluding ortho intramolecular Hbond substituents is 1. The zero-order valence-electron chi connectivity index (χ0n) is 9.82. The second-order valence-electron chi connectivity index (χ2n) is 3.87. The highest BCUT2D eigenvalue weighted by Crippen LogP contribution is 2.22. The Kier molecular flexibility index (Phi) is 4.55. The molecule has 0 radical (unpaired) electrons. The first-order valence-electron chi connectivity index (χ1n) is 5.57. The molecule has 1 amide bonds. The van der Waals surface area contributed by atoms with E-state index in [4.69, 9.17) is 0 Å². The van der Waals surface area contributed by atoms with Crippen LogP contribution in [0, 0.1) is 5.82 Å². The Morgan fingerprint density at radius 1 is 1.37 bits per heavy atom. The van der Waals surface area contributed by atoms with Crippen LogP contribution in [0.1, 0.15) is 15.2 Å². The van der Waals surface area contributed by atoms with E-state index in [1.54, 1.807) is 11.3 Å². The molecule has 2 aromatic rings. The highest BCUT2D eigenvalue weighted by atomic mass is 79.9. The van der Waals surface area contributed by atoms with Crippen LogP contribution < -0.4 is 5.32 Å². The molecule has 0 saturated carbocycles. The molecule has 2 rings (SSSR count). The van der Waals surface area contributed by atoms with Gasteiger partial charge in [0.05, 0.1) is 9.35 Å². The van der Waals surface area contributed by atoms with Crippen LogP contribution in [0.3, 0.4) is 0 Å². The smallest absolute Gasteiger partial charge is 0.255 e. The molecular weight excluding hydrogens is 333 g/mol. The molecule has 19 heavy (non-hydrogen) atoms. The Labute approximate surface area is 122 Å². The molecule has 1 aromatic heterocycles. The number of amides is 1.